The lowest BCUT2D eigenvalue weighted by Gasteiger charge is -2.30. The van der Waals surface area contributed by atoms with Gasteiger partial charge in [0.05, 0.1) is 42.5 Å². The summed E-state index contributed by atoms with van der Waals surface area (Å²) in [5.41, 5.74) is 2.99. The number of benzene rings is 2. The highest BCUT2D eigenvalue weighted by molar-refractivity contribution is 6.31. The molecule has 0 saturated carbocycles. The number of morpholine rings is 1. The Kier molecular flexibility index (Phi) is 6.37. The van der Waals surface area contributed by atoms with Crippen molar-refractivity contribution in [1.82, 2.24) is 14.8 Å². The van der Waals surface area contributed by atoms with E-state index in [0.29, 0.717) is 34.6 Å². The highest BCUT2D eigenvalue weighted by Gasteiger charge is 2.16. The SMILES string of the molecule is O=C(CNc1cc(Cl)ccc1N1CCOCC1)Nc1cc(Cl)ccc1-n1cncn1. The van der Waals surface area contributed by atoms with Gasteiger partial charge in [-0.2, -0.15) is 5.10 Å². The Morgan fingerprint density at radius 1 is 1.03 bits per heavy atom. The number of anilines is 3. The molecule has 8 nitrogen and oxygen atoms in total. The van der Waals surface area contributed by atoms with Crippen LogP contribution < -0.4 is 15.5 Å². The van der Waals surface area contributed by atoms with Crippen LogP contribution in [0, 0.1) is 0 Å². The van der Waals surface area contributed by atoms with E-state index >= 15 is 0 Å². The number of amides is 1. The molecule has 1 aliphatic heterocycles. The zero-order valence-electron chi connectivity index (χ0n) is 16.0. The maximum Gasteiger partial charge on any atom is 0.243 e. The lowest BCUT2D eigenvalue weighted by atomic mass is 10.2. The number of ether oxygens (including phenoxy) is 1. The van der Waals surface area contributed by atoms with Gasteiger partial charge in [-0.3, -0.25) is 4.79 Å². The summed E-state index contributed by atoms with van der Waals surface area (Å²) in [6.45, 7) is 2.96. The molecule has 30 heavy (non-hydrogen) atoms. The highest BCUT2D eigenvalue weighted by Crippen LogP contribution is 2.30. The first-order valence-electron chi connectivity index (χ1n) is 9.41. The second-order valence-corrected chi connectivity index (χ2v) is 7.54. The fourth-order valence-corrected chi connectivity index (χ4v) is 3.58. The summed E-state index contributed by atoms with van der Waals surface area (Å²) in [6.07, 6.45) is 2.98. The number of carbonyl (C=O) groups is 1. The predicted octanol–water partition coefficient (Wildman–Crippen LogP) is 3.46. The molecule has 0 bridgehead atoms. The summed E-state index contributed by atoms with van der Waals surface area (Å²) in [4.78, 5) is 18.8. The summed E-state index contributed by atoms with van der Waals surface area (Å²) >= 11 is 12.3. The average Bonchev–Trinajstić information content (AvgIpc) is 3.28. The van der Waals surface area contributed by atoms with Gasteiger partial charge in [-0.25, -0.2) is 9.67 Å². The zero-order valence-corrected chi connectivity index (χ0v) is 17.5. The number of rotatable bonds is 6. The van der Waals surface area contributed by atoms with Gasteiger partial charge in [-0.05, 0) is 36.4 Å². The molecule has 0 spiro atoms. The van der Waals surface area contributed by atoms with Gasteiger partial charge in [0.25, 0.3) is 0 Å². The van der Waals surface area contributed by atoms with Crippen molar-refractivity contribution in [2.45, 2.75) is 0 Å². The average molecular weight is 447 g/mol. The third-order valence-electron chi connectivity index (χ3n) is 4.65. The summed E-state index contributed by atoms with van der Waals surface area (Å²) < 4.78 is 6.99. The molecule has 10 heteroatoms. The lowest BCUT2D eigenvalue weighted by Crippen LogP contribution is -2.36. The first-order chi connectivity index (χ1) is 14.6. The highest BCUT2D eigenvalue weighted by atomic mass is 35.5. The fraction of sp³-hybridized carbons (Fsp3) is 0.250. The number of aromatic nitrogens is 3. The largest absolute Gasteiger partial charge is 0.378 e. The molecule has 1 fully saturated rings. The van der Waals surface area contributed by atoms with Crippen molar-refractivity contribution in [3.05, 3.63) is 59.1 Å². The Labute approximate surface area is 183 Å². The van der Waals surface area contributed by atoms with Crippen molar-refractivity contribution in [2.24, 2.45) is 0 Å². The minimum atomic E-state index is -0.230. The van der Waals surface area contributed by atoms with E-state index in [1.165, 1.54) is 6.33 Å². The van der Waals surface area contributed by atoms with Crippen LogP contribution in [0.1, 0.15) is 0 Å². The van der Waals surface area contributed by atoms with Gasteiger partial charge in [-0.1, -0.05) is 23.2 Å². The van der Waals surface area contributed by atoms with E-state index in [1.807, 2.05) is 18.2 Å². The molecule has 1 aliphatic rings. The van der Waals surface area contributed by atoms with Crippen molar-refractivity contribution in [1.29, 1.82) is 0 Å². The molecule has 1 amide bonds. The van der Waals surface area contributed by atoms with Gasteiger partial charge in [-0.15, -0.1) is 0 Å². The normalized spacial score (nSPS) is 13.9. The monoisotopic (exact) mass is 446 g/mol. The summed E-state index contributed by atoms with van der Waals surface area (Å²) in [5.74, 6) is -0.230. The topological polar surface area (TPSA) is 84.3 Å². The van der Waals surface area contributed by atoms with Crippen LogP contribution in [0.2, 0.25) is 10.0 Å². The molecule has 2 heterocycles. The number of nitrogens with one attached hydrogen (secondary N) is 2. The Hall–Kier alpha value is -2.81. The van der Waals surface area contributed by atoms with Crippen LogP contribution in [0.25, 0.3) is 5.69 Å². The van der Waals surface area contributed by atoms with Crippen LogP contribution in [0.15, 0.2) is 49.1 Å². The standard InChI is InChI=1S/C20H20Cl2N6O2/c21-14-1-3-18(27-5-7-30-8-6-27)16(9-14)24-11-20(29)26-17-10-15(22)2-4-19(17)28-13-23-12-25-28/h1-4,9-10,12-13,24H,5-8,11H2,(H,26,29). The number of halogens is 2. The second-order valence-electron chi connectivity index (χ2n) is 6.66. The quantitative estimate of drug-likeness (QED) is 0.602. The molecular weight excluding hydrogens is 427 g/mol. The van der Waals surface area contributed by atoms with Gasteiger partial charge in [0.2, 0.25) is 5.91 Å². The molecule has 2 N–H and O–H groups in total. The van der Waals surface area contributed by atoms with Crippen LogP contribution in [0.3, 0.4) is 0 Å². The lowest BCUT2D eigenvalue weighted by molar-refractivity contribution is -0.114. The van der Waals surface area contributed by atoms with Crippen molar-refractivity contribution < 1.29 is 9.53 Å². The summed E-state index contributed by atoms with van der Waals surface area (Å²) in [7, 11) is 0. The molecule has 1 aromatic heterocycles. The van der Waals surface area contributed by atoms with Gasteiger partial charge >= 0.3 is 0 Å². The zero-order chi connectivity index (χ0) is 20.9. The summed E-state index contributed by atoms with van der Waals surface area (Å²) in [6, 6.07) is 10.8. The molecule has 2 aromatic carbocycles. The Bertz CT molecular complexity index is 1020. The predicted molar refractivity (Wildman–Crippen MR) is 118 cm³/mol. The van der Waals surface area contributed by atoms with E-state index in [2.05, 4.69) is 25.6 Å². The molecule has 0 atom stereocenters. The van der Waals surface area contributed by atoms with Crippen molar-refractivity contribution >= 4 is 46.2 Å². The van der Waals surface area contributed by atoms with E-state index in [4.69, 9.17) is 27.9 Å². The maximum absolute atomic E-state index is 12.7. The van der Waals surface area contributed by atoms with Crippen LogP contribution in [-0.4, -0.2) is 53.5 Å². The van der Waals surface area contributed by atoms with Crippen molar-refractivity contribution in [3.63, 3.8) is 0 Å². The van der Waals surface area contributed by atoms with Crippen molar-refractivity contribution in [2.75, 3.05) is 48.4 Å². The fourth-order valence-electron chi connectivity index (χ4n) is 3.24. The molecule has 0 radical (unpaired) electrons. The Balaban J connectivity index is 1.47. The van der Waals surface area contributed by atoms with E-state index in [-0.39, 0.29) is 12.5 Å². The van der Waals surface area contributed by atoms with Crippen LogP contribution in [0.4, 0.5) is 17.1 Å². The third-order valence-corrected chi connectivity index (χ3v) is 5.12. The van der Waals surface area contributed by atoms with Crippen molar-refractivity contribution in [3.8, 4) is 5.69 Å². The van der Waals surface area contributed by atoms with Crippen LogP contribution in [0.5, 0.6) is 0 Å². The van der Waals surface area contributed by atoms with Crippen LogP contribution in [-0.2, 0) is 9.53 Å². The molecular formula is C20H20Cl2N6O2. The molecule has 4 rings (SSSR count). The minimum absolute atomic E-state index is 0.0565. The maximum atomic E-state index is 12.7. The molecule has 1 saturated heterocycles. The van der Waals surface area contributed by atoms with Gasteiger partial charge in [0, 0.05) is 23.1 Å². The summed E-state index contributed by atoms with van der Waals surface area (Å²) in [5, 5.41) is 11.3. The van der Waals surface area contributed by atoms with E-state index in [1.54, 1.807) is 29.2 Å². The molecule has 3 aromatic rings. The first kappa shape index (κ1) is 20.5. The Morgan fingerprint density at radius 3 is 2.43 bits per heavy atom. The van der Waals surface area contributed by atoms with Gasteiger partial charge in [0.15, 0.2) is 0 Å². The van der Waals surface area contributed by atoms with Crippen LogP contribution >= 0.6 is 23.2 Å². The molecule has 156 valence electrons. The Morgan fingerprint density at radius 2 is 1.73 bits per heavy atom. The van der Waals surface area contributed by atoms with E-state index < -0.39 is 0 Å². The third kappa shape index (κ3) is 4.84. The second kappa shape index (κ2) is 9.34. The number of nitrogens with zero attached hydrogens (tertiary/aromatic N) is 4. The van der Waals surface area contributed by atoms with Gasteiger partial charge in [0.1, 0.15) is 12.7 Å². The van der Waals surface area contributed by atoms with Gasteiger partial charge < -0.3 is 20.3 Å². The van der Waals surface area contributed by atoms with E-state index in [0.717, 1.165) is 24.5 Å². The number of hydrogen-bond acceptors (Lipinski definition) is 6. The van der Waals surface area contributed by atoms with E-state index in [9.17, 15) is 4.79 Å². The minimum Gasteiger partial charge on any atom is -0.378 e. The molecule has 0 aliphatic carbocycles. The number of carbonyl (C=O) groups excluding carboxylic acids is 1. The first-order valence-corrected chi connectivity index (χ1v) is 10.2. The molecule has 0 unspecified atom stereocenters. The smallest absolute Gasteiger partial charge is 0.243 e. The number of hydrogen-bond donors (Lipinski definition) is 2.